The number of carboxylic acid groups (broad SMARTS) is 1. The summed E-state index contributed by atoms with van der Waals surface area (Å²) in [5.74, 6) is -1.98. The van der Waals surface area contributed by atoms with E-state index in [-0.39, 0.29) is 29.2 Å². The van der Waals surface area contributed by atoms with Crippen LogP contribution in [0.2, 0.25) is 0 Å². The highest BCUT2D eigenvalue weighted by Gasteiger charge is 2.60. The predicted molar refractivity (Wildman–Crippen MR) is 185 cm³/mol. The molecule has 9 rings (SSSR count). The van der Waals surface area contributed by atoms with Gasteiger partial charge in [-0.05, 0) is 59.5 Å². The zero-order chi connectivity index (χ0) is 35.1. The molecule has 0 radical (unpaired) electrons. The maximum Gasteiger partial charge on any atom is 0.352 e. The number of quaternary nitrogens is 2. The van der Waals surface area contributed by atoms with Crippen LogP contribution in [0.25, 0.3) is 16.7 Å². The van der Waals surface area contributed by atoms with Crippen molar-refractivity contribution >= 4 is 34.8 Å². The summed E-state index contributed by atoms with van der Waals surface area (Å²) in [7, 11) is 1.60. The molecule has 11 heteroatoms. The standard InChI is InChI=1S/C39H40N4O7/c1-22-33(36(39(48)49)41-35(22)34(23(2)44)38(41)47)25-9-11-26-28-18-24(8-10-27(28)37(46)29(26)19-25)20-42-12-15-43(16-13-42,17-14-42)21-32(45)40-30-6-4-5-7-31(30)50-3/h4-11,18-19,22-23,34-35,44H,12-17,20-21H2,1-3H3/p+2/t22-,23+,34+,35+,42?,43?/m0/s1. The molecule has 2 bridgehead atoms. The number of hydrogen-bond donors (Lipinski definition) is 3. The predicted octanol–water partition coefficient (Wildman–Crippen LogP) is 3.36. The van der Waals surface area contributed by atoms with E-state index in [0.717, 1.165) is 71.5 Å². The molecule has 4 saturated heterocycles. The maximum atomic E-state index is 13.7. The van der Waals surface area contributed by atoms with Crippen molar-refractivity contribution in [2.24, 2.45) is 11.8 Å². The molecular weight excluding hydrogens is 636 g/mol. The van der Waals surface area contributed by atoms with Crippen molar-refractivity contribution in [3.63, 3.8) is 0 Å². The Balaban J connectivity index is 0.990. The van der Waals surface area contributed by atoms with E-state index >= 15 is 0 Å². The largest absolute Gasteiger partial charge is 0.495 e. The van der Waals surface area contributed by atoms with Gasteiger partial charge >= 0.3 is 5.97 Å². The number of piperazine rings is 3. The smallest absolute Gasteiger partial charge is 0.352 e. The first-order valence-electron chi connectivity index (χ1n) is 17.4. The third kappa shape index (κ3) is 4.90. The van der Waals surface area contributed by atoms with E-state index in [0.29, 0.717) is 40.2 Å². The number of fused-ring (bicyclic) bond motifs is 7. The molecule has 4 fully saturated rings. The summed E-state index contributed by atoms with van der Waals surface area (Å²) < 4.78 is 7.15. The van der Waals surface area contributed by atoms with Gasteiger partial charge in [-0.1, -0.05) is 37.3 Å². The zero-order valence-corrected chi connectivity index (χ0v) is 28.5. The van der Waals surface area contributed by atoms with Crippen LogP contribution < -0.4 is 10.1 Å². The lowest BCUT2D eigenvalue weighted by Crippen LogP contribution is -2.75. The minimum atomic E-state index is -1.19. The Morgan fingerprint density at radius 1 is 0.920 bits per heavy atom. The second-order valence-electron chi connectivity index (χ2n) is 14.9. The fourth-order valence-electron chi connectivity index (χ4n) is 9.39. The quantitative estimate of drug-likeness (QED) is 0.183. The molecule has 11 nitrogen and oxygen atoms in total. The fraction of sp³-hybridized carbons (Fsp3) is 0.385. The number of rotatable bonds is 9. The third-order valence-corrected chi connectivity index (χ3v) is 12.1. The topological polar surface area (TPSA) is 133 Å². The number of para-hydroxylation sites is 2. The molecule has 6 aliphatic rings. The summed E-state index contributed by atoms with van der Waals surface area (Å²) in [6.45, 7) is 10.5. The van der Waals surface area contributed by atoms with Crippen LogP contribution in [-0.4, -0.2) is 113 Å². The van der Waals surface area contributed by atoms with Crippen LogP contribution in [0, 0.1) is 11.8 Å². The summed E-state index contributed by atoms with van der Waals surface area (Å²) in [5.41, 5.74) is 5.80. The number of aliphatic hydroxyl groups is 1. The van der Waals surface area contributed by atoms with Gasteiger partial charge in [0.2, 0.25) is 5.91 Å². The molecule has 1 aliphatic carbocycles. The molecule has 0 saturated carbocycles. The molecule has 3 aromatic rings. The number of ether oxygens (including phenoxy) is 1. The van der Waals surface area contributed by atoms with Crippen LogP contribution in [0.3, 0.4) is 0 Å². The number of benzene rings is 3. The Labute approximate surface area is 290 Å². The summed E-state index contributed by atoms with van der Waals surface area (Å²) >= 11 is 0. The van der Waals surface area contributed by atoms with Crippen molar-refractivity contribution in [3.05, 3.63) is 88.6 Å². The van der Waals surface area contributed by atoms with Gasteiger partial charge in [-0.2, -0.15) is 0 Å². The van der Waals surface area contributed by atoms with E-state index in [9.17, 15) is 29.4 Å². The molecular formula is C39H42N4O7+2. The number of hydrogen-bond acceptors (Lipinski definition) is 6. The number of amides is 2. The third-order valence-electron chi connectivity index (χ3n) is 12.1. The Morgan fingerprint density at radius 3 is 2.28 bits per heavy atom. The molecule has 4 atom stereocenters. The summed E-state index contributed by atoms with van der Waals surface area (Å²) in [4.78, 5) is 53.4. The number of carbonyl (C=O) groups excluding carboxylic acids is 3. The average molecular weight is 679 g/mol. The zero-order valence-electron chi connectivity index (χ0n) is 28.5. The fourth-order valence-corrected chi connectivity index (χ4v) is 9.39. The van der Waals surface area contributed by atoms with E-state index in [2.05, 4.69) is 17.4 Å². The normalized spacial score (nSPS) is 28.2. The monoisotopic (exact) mass is 678 g/mol. The molecule has 3 N–H and O–H groups in total. The van der Waals surface area contributed by atoms with Gasteiger partial charge < -0.3 is 34.1 Å². The van der Waals surface area contributed by atoms with Crippen LogP contribution in [0.1, 0.15) is 40.9 Å². The number of ketones is 1. The molecule has 0 aromatic heterocycles. The second kappa shape index (κ2) is 11.6. The molecule has 5 aliphatic heterocycles. The minimum Gasteiger partial charge on any atom is -0.495 e. The molecule has 0 spiro atoms. The van der Waals surface area contributed by atoms with E-state index < -0.39 is 24.0 Å². The lowest BCUT2D eigenvalue weighted by Gasteiger charge is -2.55. The number of β-lactam (4-membered cyclic amide) rings is 1. The molecule has 0 unspecified atom stereocenters. The Hall–Kier alpha value is -4.84. The van der Waals surface area contributed by atoms with Gasteiger partial charge in [-0.25, -0.2) is 4.79 Å². The van der Waals surface area contributed by atoms with Gasteiger partial charge in [0.15, 0.2) is 12.3 Å². The van der Waals surface area contributed by atoms with Crippen LogP contribution >= 0.6 is 0 Å². The molecule has 3 aromatic carbocycles. The van der Waals surface area contributed by atoms with Crippen molar-refractivity contribution in [2.45, 2.75) is 32.5 Å². The average Bonchev–Trinajstić information content (AvgIpc) is 3.52. The maximum absolute atomic E-state index is 13.7. The number of carbonyl (C=O) groups is 4. The summed E-state index contributed by atoms with van der Waals surface area (Å²) in [6, 6.07) is 18.7. The number of anilines is 1. The first kappa shape index (κ1) is 32.4. The molecule has 2 amide bonds. The first-order chi connectivity index (χ1) is 23.9. The Bertz CT molecular complexity index is 1990. The van der Waals surface area contributed by atoms with Crippen molar-refractivity contribution in [3.8, 4) is 16.9 Å². The SMILES string of the molecule is COc1ccccc1NC(=O)C[N+]12CC[N+](Cc3ccc4c(c3)-c3ccc(C5=C(C(=O)O)N6C(=O)[C@H]([C@@H](C)O)[C@H]6[C@H]5C)cc3C4=O)(CC1)CC2. The molecule has 258 valence electrons. The number of nitrogens with one attached hydrogen (secondary N) is 1. The Kier molecular flexibility index (Phi) is 7.52. The van der Waals surface area contributed by atoms with Gasteiger partial charge in [-0.15, -0.1) is 0 Å². The lowest BCUT2D eigenvalue weighted by molar-refractivity contribution is -1.08. The molecule has 5 heterocycles. The van der Waals surface area contributed by atoms with E-state index in [4.69, 9.17) is 4.74 Å². The van der Waals surface area contributed by atoms with E-state index in [1.54, 1.807) is 20.1 Å². The Morgan fingerprint density at radius 2 is 1.60 bits per heavy atom. The summed E-state index contributed by atoms with van der Waals surface area (Å²) in [6.07, 6.45) is -0.885. The van der Waals surface area contributed by atoms with Gasteiger partial charge in [-0.3, -0.25) is 14.4 Å². The van der Waals surface area contributed by atoms with Crippen molar-refractivity contribution in [2.75, 3.05) is 58.2 Å². The van der Waals surface area contributed by atoms with Gasteiger partial charge in [0.05, 0.1) is 30.9 Å². The lowest BCUT2D eigenvalue weighted by atomic mass is 9.76. The first-order valence-corrected chi connectivity index (χ1v) is 17.4. The number of carboxylic acids is 1. The number of methoxy groups -OCH3 is 1. The van der Waals surface area contributed by atoms with Crippen LogP contribution in [0.15, 0.2) is 66.4 Å². The highest BCUT2D eigenvalue weighted by molar-refractivity contribution is 6.22. The van der Waals surface area contributed by atoms with E-state index in [1.165, 1.54) is 4.90 Å². The van der Waals surface area contributed by atoms with Crippen molar-refractivity contribution in [1.82, 2.24) is 4.90 Å². The van der Waals surface area contributed by atoms with E-state index in [1.807, 2.05) is 49.4 Å². The molecule has 50 heavy (non-hydrogen) atoms. The minimum absolute atomic E-state index is 0.00156. The van der Waals surface area contributed by atoms with Crippen molar-refractivity contribution < 1.29 is 43.1 Å². The van der Waals surface area contributed by atoms with Crippen molar-refractivity contribution in [1.29, 1.82) is 0 Å². The number of aliphatic hydroxyl groups excluding tert-OH is 1. The highest BCUT2D eigenvalue weighted by Crippen LogP contribution is 2.51. The van der Waals surface area contributed by atoms with Crippen LogP contribution in [0.5, 0.6) is 5.75 Å². The second-order valence-corrected chi connectivity index (χ2v) is 14.9. The summed E-state index contributed by atoms with van der Waals surface area (Å²) in [5, 5.41) is 23.4. The number of aliphatic carboxylic acids is 1. The van der Waals surface area contributed by atoms with Gasteiger partial charge in [0.1, 0.15) is 57.3 Å². The van der Waals surface area contributed by atoms with Crippen LogP contribution in [0.4, 0.5) is 5.69 Å². The van der Waals surface area contributed by atoms with Gasteiger partial charge in [0, 0.05) is 22.6 Å². The highest BCUT2D eigenvalue weighted by atomic mass is 16.5. The number of nitrogens with zero attached hydrogens (tertiary/aromatic N) is 3. The van der Waals surface area contributed by atoms with Crippen LogP contribution in [-0.2, 0) is 20.9 Å². The van der Waals surface area contributed by atoms with Gasteiger partial charge in [0.25, 0.3) is 5.91 Å².